The summed E-state index contributed by atoms with van der Waals surface area (Å²) in [6.45, 7) is 6.62. The molecule has 21 heavy (non-hydrogen) atoms. The van der Waals surface area contributed by atoms with Gasteiger partial charge in [-0.05, 0) is 46.7 Å². The summed E-state index contributed by atoms with van der Waals surface area (Å²) in [6.07, 6.45) is 3.65. The average Bonchev–Trinajstić information content (AvgIpc) is 2.47. The molecule has 2 heteroatoms. The summed E-state index contributed by atoms with van der Waals surface area (Å²) in [5.41, 5.74) is 1.46. The Balaban J connectivity index is 1.84. The van der Waals surface area contributed by atoms with Crippen LogP contribution < -0.4 is 4.74 Å². The van der Waals surface area contributed by atoms with Crippen LogP contribution in [0.3, 0.4) is 0 Å². The Morgan fingerprint density at radius 2 is 1.52 bits per heavy atom. The van der Waals surface area contributed by atoms with Crippen molar-refractivity contribution >= 4 is 10.8 Å². The molecule has 2 aromatic carbocycles. The molecule has 0 aliphatic heterocycles. The molecule has 106 valence electrons. The molecular weight excluding hydrogens is 258 g/mol. The van der Waals surface area contributed by atoms with Crippen LogP contribution >= 0.6 is 0 Å². The van der Waals surface area contributed by atoms with Crippen molar-refractivity contribution < 1.29 is 4.74 Å². The highest BCUT2D eigenvalue weighted by atomic mass is 16.5. The molecule has 3 aromatic rings. The lowest BCUT2D eigenvalue weighted by molar-refractivity contribution is 0.482. The first-order valence-electron chi connectivity index (χ1n) is 7.14. The van der Waals surface area contributed by atoms with Crippen molar-refractivity contribution in [2.24, 2.45) is 0 Å². The van der Waals surface area contributed by atoms with Gasteiger partial charge in [0.15, 0.2) is 0 Å². The minimum Gasteiger partial charge on any atom is -0.457 e. The minimum atomic E-state index is 0.160. The number of hydrogen-bond donors (Lipinski definition) is 0. The molecular formula is C19H19NO. The van der Waals surface area contributed by atoms with Gasteiger partial charge in [-0.25, -0.2) is 0 Å². The fraction of sp³-hybridized carbons (Fsp3) is 0.211. The van der Waals surface area contributed by atoms with E-state index in [4.69, 9.17) is 4.74 Å². The maximum Gasteiger partial charge on any atom is 0.128 e. The average molecular weight is 277 g/mol. The molecule has 3 rings (SSSR count). The summed E-state index contributed by atoms with van der Waals surface area (Å²) in [5, 5.41) is 2.25. The number of benzene rings is 2. The predicted octanol–water partition coefficient (Wildman–Crippen LogP) is 5.32. The molecule has 0 atom stereocenters. The molecule has 2 nitrogen and oxygen atoms in total. The molecule has 0 spiro atoms. The van der Waals surface area contributed by atoms with Crippen LogP contribution in [-0.4, -0.2) is 4.98 Å². The fourth-order valence-corrected chi connectivity index (χ4v) is 2.29. The van der Waals surface area contributed by atoms with Gasteiger partial charge in [-0.15, -0.1) is 0 Å². The van der Waals surface area contributed by atoms with Gasteiger partial charge >= 0.3 is 0 Å². The summed E-state index contributed by atoms with van der Waals surface area (Å²) in [6, 6.07) is 16.3. The Morgan fingerprint density at radius 3 is 2.24 bits per heavy atom. The Labute approximate surface area is 125 Å². The first-order valence-corrected chi connectivity index (χ1v) is 7.14. The van der Waals surface area contributed by atoms with E-state index >= 15 is 0 Å². The number of fused-ring (bicyclic) bond motifs is 1. The third-order valence-electron chi connectivity index (χ3n) is 3.57. The number of rotatable bonds is 2. The highest BCUT2D eigenvalue weighted by Gasteiger charge is 2.13. The SMILES string of the molecule is CC(C)(C)c1ccc(Oc2ccc3ccncc3c2)cc1. The van der Waals surface area contributed by atoms with Crippen LogP contribution in [0.4, 0.5) is 0 Å². The normalized spacial score (nSPS) is 11.6. The molecule has 0 fully saturated rings. The van der Waals surface area contributed by atoms with Gasteiger partial charge in [0.25, 0.3) is 0 Å². The molecule has 1 heterocycles. The molecule has 0 radical (unpaired) electrons. The maximum atomic E-state index is 5.93. The van der Waals surface area contributed by atoms with Crippen LogP contribution in [0.15, 0.2) is 60.9 Å². The van der Waals surface area contributed by atoms with E-state index in [0.29, 0.717) is 0 Å². The van der Waals surface area contributed by atoms with Gasteiger partial charge in [0.2, 0.25) is 0 Å². The molecule has 0 saturated carbocycles. The predicted molar refractivity (Wildman–Crippen MR) is 87.0 cm³/mol. The first kappa shape index (κ1) is 13.6. The number of aromatic nitrogens is 1. The van der Waals surface area contributed by atoms with E-state index in [1.807, 2.05) is 36.5 Å². The first-order chi connectivity index (χ1) is 10.0. The zero-order valence-corrected chi connectivity index (χ0v) is 12.6. The van der Waals surface area contributed by atoms with Crippen LogP contribution in [0, 0.1) is 0 Å². The van der Waals surface area contributed by atoms with Crippen molar-refractivity contribution in [1.29, 1.82) is 0 Å². The van der Waals surface area contributed by atoms with E-state index in [1.165, 1.54) is 10.9 Å². The van der Waals surface area contributed by atoms with E-state index in [9.17, 15) is 0 Å². The Bertz CT molecular complexity index is 754. The summed E-state index contributed by atoms with van der Waals surface area (Å²) in [4.78, 5) is 4.14. The molecule has 0 bridgehead atoms. The summed E-state index contributed by atoms with van der Waals surface area (Å²) < 4.78 is 5.93. The number of nitrogens with zero attached hydrogens (tertiary/aromatic N) is 1. The van der Waals surface area contributed by atoms with E-state index in [-0.39, 0.29) is 5.41 Å². The summed E-state index contributed by atoms with van der Waals surface area (Å²) >= 11 is 0. The third-order valence-corrected chi connectivity index (χ3v) is 3.57. The standard InChI is InChI=1S/C19H19NO/c1-19(2,3)16-5-8-17(9-6-16)21-18-7-4-14-10-11-20-13-15(14)12-18/h4-13H,1-3H3. The number of ether oxygens (including phenoxy) is 1. The Morgan fingerprint density at radius 1 is 0.810 bits per heavy atom. The zero-order valence-electron chi connectivity index (χ0n) is 12.6. The summed E-state index contributed by atoms with van der Waals surface area (Å²) in [7, 11) is 0. The Kier molecular flexibility index (Phi) is 3.38. The number of hydrogen-bond acceptors (Lipinski definition) is 2. The number of pyridine rings is 1. The second kappa shape index (κ2) is 5.21. The molecule has 0 saturated heterocycles. The van der Waals surface area contributed by atoms with Gasteiger partial charge in [0.1, 0.15) is 11.5 Å². The van der Waals surface area contributed by atoms with Gasteiger partial charge in [-0.2, -0.15) is 0 Å². The molecule has 0 aliphatic rings. The lowest BCUT2D eigenvalue weighted by Gasteiger charge is -2.19. The second-order valence-electron chi connectivity index (χ2n) is 6.26. The largest absolute Gasteiger partial charge is 0.457 e. The van der Waals surface area contributed by atoms with Crippen LogP contribution in [0.1, 0.15) is 26.3 Å². The fourth-order valence-electron chi connectivity index (χ4n) is 2.29. The van der Waals surface area contributed by atoms with Crippen molar-refractivity contribution in [3.8, 4) is 11.5 Å². The second-order valence-corrected chi connectivity index (χ2v) is 6.26. The lowest BCUT2D eigenvalue weighted by atomic mass is 9.87. The highest BCUT2D eigenvalue weighted by Crippen LogP contribution is 2.28. The minimum absolute atomic E-state index is 0.160. The van der Waals surface area contributed by atoms with Crippen molar-refractivity contribution in [2.45, 2.75) is 26.2 Å². The summed E-state index contributed by atoms with van der Waals surface area (Å²) in [5.74, 6) is 1.69. The maximum absolute atomic E-state index is 5.93. The molecule has 0 unspecified atom stereocenters. The van der Waals surface area contributed by atoms with Gasteiger partial charge in [-0.1, -0.05) is 39.0 Å². The van der Waals surface area contributed by atoms with Crippen molar-refractivity contribution in [2.75, 3.05) is 0 Å². The third kappa shape index (κ3) is 3.05. The zero-order chi connectivity index (χ0) is 14.9. The molecule has 0 amide bonds. The smallest absolute Gasteiger partial charge is 0.128 e. The quantitative estimate of drug-likeness (QED) is 0.632. The highest BCUT2D eigenvalue weighted by molar-refractivity contribution is 5.82. The van der Waals surface area contributed by atoms with Crippen LogP contribution in [-0.2, 0) is 5.41 Å². The van der Waals surface area contributed by atoms with Crippen molar-refractivity contribution in [3.05, 3.63) is 66.5 Å². The van der Waals surface area contributed by atoms with E-state index < -0.39 is 0 Å². The van der Waals surface area contributed by atoms with Gasteiger partial charge < -0.3 is 4.74 Å². The molecule has 1 aromatic heterocycles. The van der Waals surface area contributed by atoms with Crippen LogP contribution in [0.2, 0.25) is 0 Å². The van der Waals surface area contributed by atoms with E-state index in [2.05, 4.69) is 44.0 Å². The molecule has 0 aliphatic carbocycles. The Hall–Kier alpha value is -2.35. The van der Waals surface area contributed by atoms with Gasteiger partial charge in [-0.3, -0.25) is 4.98 Å². The monoisotopic (exact) mass is 277 g/mol. The van der Waals surface area contributed by atoms with Crippen LogP contribution in [0.5, 0.6) is 11.5 Å². The van der Waals surface area contributed by atoms with Gasteiger partial charge in [0.05, 0.1) is 0 Å². The van der Waals surface area contributed by atoms with Gasteiger partial charge in [0, 0.05) is 17.8 Å². The lowest BCUT2D eigenvalue weighted by Crippen LogP contribution is -2.10. The van der Waals surface area contributed by atoms with Crippen LogP contribution in [0.25, 0.3) is 10.8 Å². The molecule has 0 N–H and O–H groups in total. The van der Waals surface area contributed by atoms with Crippen molar-refractivity contribution in [3.63, 3.8) is 0 Å². The topological polar surface area (TPSA) is 22.1 Å². The van der Waals surface area contributed by atoms with Crippen molar-refractivity contribution in [1.82, 2.24) is 4.98 Å². The van der Waals surface area contributed by atoms with E-state index in [1.54, 1.807) is 6.20 Å². The van der Waals surface area contributed by atoms with E-state index in [0.717, 1.165) is 16.9 Å².